The maximum absolute atomic E-state index is 13.1. The van der Waals surface area contributed by atoms with E-state index in [1.807, 2.05) is 13.8 Å². The highest BCUT2D eigenvalue weighted by Crippen LogP contribution is 2.32. The fraction of sp³-hybridized carbons (Fsp3) is 0.480. The lowest BCUT2D eigenvalue weighted by atomic mass is 9.84. The van der Waals surface area contributed by atoms with Crippen LogP contribution < -0.4 is 10.1 Å². The van der Waals surface area contributed by atoms with Crippen LogP contribution in [0, 0.1) is 5.92 Å². The molecule has 4 heterocycles. The molecule has 2 aliphatic rings. The van der Waals surface area contributed by atoms with Gasteiger partial charge in [0.25, 0.3) is 15.9 Å². The summed E-state index contributed by atoms with van der Waals surface area (Å²) >= 11 is 0. The predicted molar refractivity (Wildman–Crippen MR) is 140 cm³/mol. The first-order valence-corrected chi connectivity index (χ1v) is 14.0. The molecule has 1 aliphatic heterocycles. The number of nitrogens with one attached hydrogen (secondary N) is 1. The van der Waals surface area contributed by atoms with Crippen molar-refractivity contribution in [2.75, 3.05) is 18.4 Å². The van der Waals surface area contributed by atoms with E-state index in [1.165, 1.54) is 18.6 Å². The highest BCUT2D eigenvalue weighted by atomic mass is 32.2. The minimum Gasteiger partial charge on any atom is -0.490 e. The third-order valence-electron chi connectivity index (χ3n) is 6.56. The predicted octanol–water partition coefficient (Wildman–Crippen LogP) is 2.45. The summed E-state index contributed by atoms with van der Waals surface area (Å²) in [6, 6.07) is 3.29. The van der Waals surface area contributed by atoms with Crippen molar-refractivity contribution in [3.05, 3.63) is 42.5 Å². The van der Waals surface area contributed by atoms with E-state index >= 15 is 0 Å². The first-order valence-electron chi connectivity index (χ1n) is 12.5. The lowest BCUT2D eigenvalue weighted by Crippen LogP contribution is -2.57. The fourth-order valence-electron chi connectivity index (χ4n) is 4.06. The molecule has 1 saturated heterocycles. The molecule has 0 unspecified atom stereocenters. The molecule has 0 atom stereocenters. The molecule has 5 rings (SSSR count). The molecule has 0 spiro atoms. The van der Waals surface area contributed by atoms with Gasteiger partial charge in [-0.05, 0) is 46.6 Å². The van der Waals surface area contributed by atoms with Crippen LogP contribution >= 0.6 is 0 Å². The summed E-state index contributed by atoms with van der Waals surface area (Å²) < 4.78 is 31.8. The summed E-state index contributed by atoms with van der Waals surface area (Å²) in [6.07, 6.45) is 6.96. The molecule has 38 heavy (non-hydrogen) atoms. The topological polar surface area (TPSA) is 152 Å². The average Bonchev–Trinajstić information content (AvgIpc) is 3.54. The Labute approximate surface area is 221 Å². The first kappa shape index (κ1) is 26.0. The maximum Gasteiger partial charge on any atom is 0.259 e. The number of carbonyl (C=O) groups excluding carboxylic acids is 1. The molecule has 0 radical (unpaired) electrons. The van der Waals surface area contributed by atoms with Crippen molar-refractivity contribution in [1.29, 1.82) is 0 Å². The number of likely N-dealkylation sites (tertiary alicyclic amines) is 1. The largest absolute Gasteiger partial charge is 0.490 e. The van der Waals surface area contributed by atoms with Crippen molar-refractivity contribution < 1.29 is 23.1 Å². The fourth-order valence-corrected chi connectivity index (χ4v) is 5.53. The monoisotopic (exact) mass is 541 g/mol. The summed E-state index contributed by atoms with van der Waals surface area (Å²) in [5.74, 6) is 1.33. The van der Waals surface area contributed by atoms with Crippen LogP contribution in [-0.4, -0.2) is 78.5 Å². The summed E-state index contributed by atoms with van der Waals surface area (Å²) in [5, 5.41) is 16.9. The number of pyridine rings is 1. The summed E-state index contributed by atoms with van der Waals surface area (Å²) in [6.45, 7) is 8.16. The van der Waals surface area contributed by atoms with Crippen molar-refractivity contribution >= 4 is 27.6 Å². The van der Waals surface area contributed by atoms with Crippen molar-refractivity contribution in [1.82, 2.24) is 29.0 Å². The van der Waals surface area contributed by atoms with E-state index in [0.29, 0.717) is 60.3 Å². The van der Waals surface area contributed by atoms with Gasteiger partial charge in [0, 0.05) is 37.5 Å². The summed E-state index contributed by atoms with van der Waals surface area (Å²) in [4.78, 5) is 27.9. The van der Waals surface area contributed by atoms with Crippen LogP contribution in [0.2, 0.25) is 0 Å². The number of rotatable bonds is 9. The van der Waals surface area contributed by atoms with Crippen LogP contribution in [0.4, 0.5) is 11.6 Å². The Kier molecular flexibility index (Phi) is 6.59. The van der Waals surface area contributed by atoms with E-state index in [0.717, 1.165) is 4.09 Å². The zero-order valence-electron chi connectivity index (χ0n) is 21.7. The van der Waals surface area contributed by atoms with E-state index in [9.17, 15) is 18.3 Å². The lowest BCUT2D eigenvalue weighted by Gasteiger charge is -2.45. The highest BCUT2D eigenvalue weighted by molar-refractivity contribution is 7.90. The summed E-state index contributed by atoms with van der Waals surface area (Å²) in [7, 11) is -3.48. The lowest BCUT2D eigenvalue weighted by molar-refractivity contribution is -0.0508. The number of ether oxygens (including phenoxy) is 1. The Bertz CT molecular complexity index is 1450. The van der Waals surface area contributed by atoms with Crippen LogP contribution in [0.25, 0.3) is 11.4 Å². The van der Waals surface area contributed by atoms with Crippen molar-refractivity contribution in [3.63, 3.8) is 0 Å². The minimum absolute atomic E-state index is 0.0164. The molecule has 13 heteroatoms. The van der Waals surface area contributed by atoms with Gasteiger partial charge in [0.2, 0.25) is 0 Å². The molecule has 1 amide bonds. The Morgan fingerprint density at radius 1 is 1.18 bits per heavy atom. The molecule has 0 aromatic carbocycles. The Hall–Kier alpha value is -3.58. The number of aromatic nitrogens is 5. The van der Waals surface area contributed by atoms with Gasteiger partial charge in [0.1, 0.15) is 22.9 Å². The maximum atomic E-state index is 13.1. The number of hydrogen-bond acceptors (Lipinski definition) is 10. The van der Waals surface area contributed by atoms with Gasteiger partial charge < -0.3 is 20.1 Å². The van der Waals surface area contributed by atoms with E-state index in [4.69, 9.17) is 4.74 Å². The van der Waals surface area contributed by atoms with E-state index in [-0.39, 0.29) is 23.2 Å². The van der Waals surface area contributed by atoms with Gasteiger partial charge in [-0.25, -0.2) is 23.4 Å². The van der Waals surface area contributed by atoms with Crippen LogP contribution in [0.15, 0.2) is 36.9 Å². The van der Waals surface area contributed by atoms with Crippen molar-refractivity contribution in [2.24, 2.45) is 5.92 Å². The molecule has 202 valence electrons. The molecule has 3 aromatic heterocycles. The van der Waals surface area contributed by atoms with Gasteiger partial charge in [-0.2, -0.15) is 9.19 Å². The van der Waals surface area contributed by atoms with E-state index in [2.05, 4.69) is 25.4 Å². The molecule has 1 aliphatic carbocycles. The van der Waals surface area contributed by atoms with Crippen molar-refractivity contribution in [2.45, 2.75) is 57.5 Å². The molecular formula is C25H31N7O5S. The van der Waals surface area contributed by atoms with Gasteiger partial charge >= 0.3 is 0 Å². The number of amides is 1. The molecule has 12 nitrogen and oxygen atoms in total. The van der Waals surface area contributed by atoms with Crippen LogP contribution in [-0.2, 0) is 10.0 Å². The van der Waals surface area contributed by atoms with Gasteiger partial charge in [0.15, 0.2) is 5.82 Å². The molecule has 1 saturated carbocycles. The molecule has 3 aromatic rings. The number of nitrogens with zero attached hydrogens (tertiary/aromatic N) is 6. The van der Waals surface area contributed by atoms with Crippen LogP contribution in [0.3, 0.4) is 0 Å². The zero-order chi connectivity index (χ0) is 27.2. The quantitative estimate of drug-likeness (QED) is 0.413. The SMILES string of the molecule is CC(C)Oc1cc(Nc2ccnc(-c3cnn(S(=O)(=O)C4CC4)c3)n2)ncc1C(=O)N1CC(C(C)(C)O)C1. The second-order valence-corrected chi connectivity index (χ2v) is 12.6. The van der Waals surface area contributed by atoms with Gasteiger partial charge in [-0.15, -0.1) is 0 Å². The third-order valence-corrected chi connectivity index (χ3v) is 8.60. The number of hydrogen-bond donors (Lipinski definition) is 2. The zero-order valence-corrected chi connectivity index (χ0v) is 22.5. The second-order valence-electron chi connectivity index (χ2n) is 10.5. The molecule has 2 fully saturated rings. The Balaban J connectivity index is 1.34. The smallest absolute Gasteiger partial charge is 0.259 e. The van der Waals surface area contributed by atoms with Gasteiger partial charge in [0.05, 0.1) is 34.9 Å². The van der Waals surface area contributed by atoms with E-state index < -0.39 is 15.6 Å². The number of carbonyl (C=O) groups is 1. The standard InChI is InChI=1S/C25H31N7O5S/c1-15(2)37-20-9-22(27-11-19(20)24(33)31-13-17(14-31)25(3,4)34)29-21-7-8-26-23(30-21)16-10-28-32(12-16)38(35,36)18-5-6-18/h7-12,15,17-18,34H,5-6,13-14H2,1-4H3,(H,26,27,29,30). The highest BCUT2D eigenvalue weighted by Gasteiger charge is 2.41. The van der Waals surface area contributed by atoms with Gasteiger partial charge in [-0.1, -0.05) is 0 Å². The number of anilines is 2. The first-order chi connectivity index (χ1) is 17.9. The van der Waals surface area contributed by atoms with Crippen LogP contribution in [0.1, 0.15) is 50.9 Å². The van der Waals surface area contributed by atoms with Gasteiger partial charge in [-0.3, -0.25) is 4.79 Å². The Morgan fingerprint density at radius 2 is 1.92 bits per heavy atom. The molecular weight excluding hydrogens is 510 g/mol. The molecule has 2 N–H and O–H groups in total. The summed E-state index contributed by atoms with van der Waals surface area (Å²) in [5.41, 5.74) is -0.0405. The third kappa shape index (κ3) is 5.34. The Morgan fingerprint density at radius 3 is 2.58 bits per heavy atom. The minimum atomic E-state index is -3.48. The normalized spacial score (nSPS) is 16.4. The average molecular weight is 542 g/mol. The van der Waals surface area contributed by atoms with Crippen LogP contribution in [0.5, 0.6) is 5.75 Å². The number of aliphatic hydroxyl groups is 1. The second kappa shape index (κ2) is 9.62. The van der Waals surface area contributed by atoms with Crippen molar-refractivity contribution in [3.8, 4) is 17.1 Å². The molecule has 0 bridgehead atoms. The van der Waals surface area contributed by atoms with E-state index in [1.54, 1.807) is 37.1 Å².